The highest BCUT2D eigenvalue weighted by Gasteiger charge is 2.21. The van der Waals surface area contributed by atoms with Crippen LogP contribution in [-0.4, -0.2) is 43.9 Å². The van der Waals surface area contributed by atoms with Crippen LogP contribution < -0.4 is 10.0 Å². The van der Waals surface area contributed by atoms with Crippen LogP contribution in [0.4, 0.5) is 5.69 Å². The molecule has 0 unspecified atom stereocenters. The molecule has 0 radical (unpaired) electrons. The Bertz CT molecular complexity index is 543. The second-order valence-electron chi connectivity index (χ2n) is 5.15. The predicted molar refractivity (Wildman–Crippen MR) is 79.8 cm³/mol. The van der Waals surface area contributed by atoms with Crippen molar-refractivity contribution in [1.82, 2.24) is 14.6 Å². The van der Waals surface area contributed by atoms with E-state index in [1.54, 1.807) is 32.3 Å². The van der Waals surface area contributed by atoms with Gasteiger partial charge in [-0.2, -0.15) is 12.7 Å². The minimum absolute atomic E-state index is 0.494. The van der Waals surface area contributed by atoms with Crippen LogP contribution in [-0.2, 0) is 10.2 Å². The highest BCUT2D eigenvalue weighted by Crippen LogP contribution is 2.18. The summed E-state index contributed by atoms with van der Waals surface area (Å²) >= 11 is 0. The lowest BCUT2D eigenvalue weighted by Gasteiger charge is -2.19. The molecule has 6 nitrogen and oxygen atoms in total. The molecule has 1 aromatic heterocycles. The van der Waals surface area contributed by atoms with Gasteiger partial charge in [0.25, 0.3) is 0 Å². The van der Waals surface area contributed by atoms with Crippen molar-refractivity contribution >= 4 is 15.9 Å². The van der Waals surface area contributed by atoms with E-state index in [4.69, 9.17) is 0 Å². The third-order valence-corrected chi connectivity index (χ3v) is 4.80. The summed E-state index contributed by atoms with van der Waals surface area (Å²) < 4.78 is 28.2. The minimum atomic E-state index is -3.51. The molecule has 7 heteroatoms. The average molecular weight is 298 g/mol. The summed E-state index contributed by atoms with van der Waals surface area (Å²) in [4.78, 5) is 4.07. The van der Waals surface area contributed by atoms with Crippen LogP contribution in [0.15, 0.2) is 18.3 Å². The Hall–Kier alpha value is -1.18. The molecule has 20 heavy (non-hydrogen) atoms. The Kier molecular flexibility index (Phi) is 4.95. The molecule has 0 atom stereocenters. The first-order valence-corrected chi connectivity index (χ1v) is 8.32. The van der Waals surface area contributed by atoms with E-state index < -0.39 is 10.2 Å². The zero-order chi connectivity index (χ0) is 14.6. The van der Waals surface area contributed by atoms with Gasteiger partial charge in [0.05, 0.1) is 11.4 Å². The number of pyridine rings is 1. The molecule has 0 saturated heterocycles. The molecular formula is C13H22N4O2S. The monoisotopic (exact) mass is 298 g/mol. The Balaban J connectivity index is 1.83. The molecule has 0 aromatic carbocycles. The van der Waals surface area contributed by atoms with Gasteiger partial charge in [0.15, 0.2) is 0 Å². The molecule has 1 heterocycles. The third kappa shape index (κ3) is 4.43. The fraction of sp³-hybridized carbons (Fsp3) is 0.615. The number of nitrogens with one attached hydrogen (secondary N) is 2. The molecule has 1 saturated carbocycles. The number of nitrogens with zero attached hydrogens (tertiary/aromatic N) is 2. The van der Waals surface area contributed by atoms with E-state index in [-0.39, 0.29) is 0 Å². The summed E-state index contributed by atoms with van der Waals surface area (Å²) in [6.07, 6.45) is 4.94. The van der Waals surface area contributed by atoms with Gasteiger partial charge in [-0.15, -0.1) is 0 Å². The summed E-state index contributed by atoms with van der Waals surface area (Å²) in [5.41, 5.74) is 1.19. The van der Waals surface area contributed by atoms with Crippen molar-refractivity contribution in [1.29, 1.82) is 0 Å². The molecule has 1 aromatic rings. The summed E-state index contributed by atoms with van der Waals surface area (Å²) in [6.45, 7) is 3.13. The lowest BCUT2D eigenvalue weighted by molar-refractivity contribution is 0.457. The maximum atomic E-state index is 12.2. The lowest BCUT2D eigenvalue weighted by atomic mass is 10.3. The summed E-state index contributed by atoms with van der Waals surface area (Å²) in [6, 6.07) is 4.08. The molecule has 2 rings (SSSR count). The number of aryl methyl sites for hydroxylation is 1. The Morgan fingerprint density at radius 1 is 1.45 bits per heavy atom. The molecule has 0 spiro atoms. The fourth-order valence-corrected chi connectivity index (χ4v) is 2.84. The van der Waals surface area contributed by atoms with Gasteiger partial charge in [-0.05, 0) is 44.9 Å². The van der Waals surface area contributed by atoms with Gasteiger partial charge in [-0.3, -0.25) is 9.71 Å². The van der Waals surface area contributed by atoms with Gasteiger partial charge in [0.2, 0.25) is 0 Å². The van der Waals surface area contributed by atoms with Crippen LogP contribution in [0.3, 0.4) is 0 Å². The van der Waals surface area contributed by atoms with Crippen molar-refractivity contribution in [3.05, 3.63) is 24.0 Å². The molecule has 112 valence electrons. The van der Waals surface area contributed by atoms with E-state index >= 15 is 0 Å². The Labute approximate surface area is 120 Å². The van der Waals surface area contributed by atoms with Crippen LogP contribution in [0.1, 0.15) is 25.0 Å². The Morgan fingerprint density at radius 3 is 2.85 bits per heavy atom. The second kappa shape index (κ2) is 6.51. The van der Waals surface area contributed by atoms with E-state index in [0.717, 1.165) is 13.0 Å². The van der Waals surface area contributed by atoms with Gasteiger partial charge >= 0.3 is 10.2 Å². The number of hydrogen-bond acceptors (Lipinski definition) is 4. The highest BCUT2D eigenvalue weighted by atomic mass is 32.2. The number of aromatic nitrogens is 1. The molecular weight excluding hydrogens is 276 g/mol. The van der Waals surface area contributed by atoms with Crippen molar-refractivity contribution in [2.75, 3.05) is 24.9 Å². The maximum Gasteiger partial charge on any atom is 0.301 e. The van der Waals surface area contributed by atoms with Gasteiger partial charge in [0, 0.05) is 25.8 Å². The Morgan fingerprint density at radius 2 is 2.20 bits per heavy atom. The quantitative estimate of drug-likeness (QED) is 0.705. The van der Waals surface area contributed by atoms with Crippen molar-refractivity contribution in [3.8, 4) is 0 Å². The first kappa shape index (κ1) is 15.2. The zero-order valence-electron chi connectivity index (χ0n) is 12.0. The topological polar surface area (TPSA) is 74.3 Å². The maximum absolute atomic E-state index is 12.2. The fourth-order valence-electron chi connectivity index (χ4n) is 1.82. The van der Waals surface area contributed by atoms with Gasteiger partial charge in [0.1, 0.15) is 0 Å². The van der Waals surface area contributed by atoms with E-state index in [1.165, 1.54) is 17.1 Å². The minimum Gasteiger partial charge on any atom is -0.314 e. The molecule has 1 aliphatic carbocycles. The second-order valence-corrected chi connectivity index (χ2v) is 6.92. The molecule has 0 bridgehead atoms. The van der Waals surface area contributed by atoms with Crippen molar-refractivity contribution < 1.29 is 8.42 Å². The smallest absolute Gasteiger partial charge is 0.301 e. The molecule has 0 amide bonds. The molecule has 0 aliphatic heterocycles. The van der Waals surface area contributed by atoms with E-state index in [2.05, 4.69) is 15.0 Å². The normalized spacial score (nSPS) is 15.6. The standard InChI is InChI=1S/C13H22N4O2S/c1-11-13(5-3-8-14-11)16-20(18,19)17(2)10-4-9-15-12-6-7-12/h3,5,8,12,15-16H,4,6-7,9-10H2,1-2H3. The highest BCUT2D eigenvalue weighted by molar-refractivity contribution is 7.90. The van der Waals surface area contributed by atoms with E-state index in [1.807, 2.05) is 0 Å². The van der Waals surface area contributed by atoms with Gasteiger partial charge < -0.3 is 5.32 Å². The van der Waals surface area contributed by atoms with Crippen LogP contribution in [0.5, 0.6) is 0 Å². The number of rotatable bonds is 8. The van der Waals surface area contributed by atoms with Gasteiger partial charge in [-0.1, -0.05) is 0 Å². The molecule has 1 aliphatic rings. The van der Waals surface area contributed by atoms with Crippen LogP contribution in [0.2, 0.25) is 0 Å². The van der Waals surface area contributed by atoms with Crippen LogP contribution in [0.25, 0.3) is 0 Å². The zero-order valence-corrected chi connectivity index (χ0v) is 12.8. The molecule has 2 N–H and O–H groups in total. The number of hydrogen-bond donors (Lipinski definition) is 2. The van der Waals surface area contributed by atoms with Crippen molar-refractivity contribution in [3.63, 3.8) is 0 Å². The number of anilines is 1. The summed E-state index contributed by atoms with van der Waals surface area (Å²) in [7, 11) is -1.92. The van der Waals surface area contributed by atoms with E-state index in [9.17, 15) is 8.42 Å². The first-order valence-electron chi connectivity index (χ1n) is 6.88. The SMILES string of the molecule is Cc1ncccc1NS(=O)(=O)N(C)CCCNC1CC1. The molecule has 1 fully saturated rings. The lowest BCUT2D eigenvalue weighted by Crippen LogP contribution is -2.34. The van der Waals surface area contributed by atoms with Crippen molar-refractivity contribution in [2.24, 2.45) is 0 Å². The third-order valence-electron chi connectivity index (χ3n) is 3.32. The summed E-state index contributed by atoms with van der Waals surface area (Å²) in [5.74, 6) is 0. The first-order chi connectivity index (χ1) is 9.49. The van der Waals surface area contributed by atoms with Gasteiger partial charge in [-0.25, -0.2) is 0 Å². The largest absolute Gasteiger partial charge is 0.314 e. The summed E-state index contributed by atoms with van der Waals surface area (Å²) in [5, 5.41) is 3.37. The van der Waals surface area contributed by atoms with Crippen molar-refractivity contribution in [2.45, 2.75) is 32.2 Å². The van der Waals surface area contributed by atoms with Crippen LogP contribution >= 0.6 is 0 Å². The average Bonchev–Trinajstić information content (AvgIpc) is 3.21. The van der Waals surface area contributed by atoms with E-state index in [0.29, 0.717) is 24.0 Å². The van der Waals surface area contributed by atoms with Crippen LogP contribution in [0, 0.1) is 6.92 Å². The predicted octanol–water partition coefficient (Wildman–Crippen LogP) is 1.12.